The number of piperidine rings is 1. The van der Waals surface area contributed by atoms with E-state index >= 15 is 0 Å². The number of hydrogen-bond acceptors (Lipinski definition) is 5. The largest absolute Gasteiger partial charge is 0.342 e. The van der Waals surface area contributed by atoms with Crippen LogP contribution in [0.15, 0.2) is 18.3 Å². The summed E-state index contributed by atoms with van der Waals surface area (Å²) >= 11 is 1.65. The number of nitrogens with zero attached hydrogens (tertiary/aromatic N) is 3. The van der Waals surface area contributed by atoms with Gasteiger partial charge in [-0.25, -0.2) is 4.98 Å². The van der Waals surface area contributed by atoms with Crippen LogP contribution in [0.25, 0.3) is 0 Å². The van der Waals surface area contributed by atoms with Crippen LogP contribution >= 0.6 is 11.3 Å². The second-order valence-corrected chi connectivity index (χ2v) is 9.52. The summed E-state index contributed by atoms with van der Waals surface area (Å²) in [5, 5.41) is 4.33. The van der Waals surface area contributed by atoms with Crippen LogP contribution in [0.4, 0.5) is 10.8 Å². The van der Waals surface area contributed by atoms with E-state index in [1.54, 1.807) is 11.3 Å². The van der Waals surface area contributed by atoms with Crippen molar-refractivity contribution >= 4 is 28.1 Å². The molecule has 4 rings (SSSR count). The van der Waals surface area contributed by atoms with Gasteiger partial charge in [-0.05, 0) is 51.7 Å². The van der Waals surface area contributed by atoms with E-state index in [0.717, 1.165) is 61.0 Å². The lowest BCUT2D eigenvalue weighted by atomic mass is 9.86. The molecule has 28 heavy (non-hydrogen) atoms. The quantitative estimate of drug-likeness (QED) is 0.770. The van der Waals surface area contributed by atoms with Gasteiger partial charge in [0, 0.05) is 53.1 Å². The molecule has 5 nitrogen and oxygen atoms in total. The molecule has 0 aromatic carbocycles. The van der Waals surface area contributed by atoms with Gasteiger partial charge in [-0.3, -0.25) is 9.78 Å². The smallest absolute Gasteiger partial charge is 0.225 e. The Hall–Kier alpha value is -1.95. The van der Waals surface area contributed by atoms with E-state index in [2.05, 4.69) is 34.3 Å². The molecule has 1 saturated carbocycles. The van der Waals surface area contributed by atoms with Crippen LogP contribution in [0.3, 0.4) is 0 Å². The molecule has 1 aliphatic carbocycles. The number of thiazole rings is 1. The first kappa shape index (κ1) is 19.4. The van der Waals surface area contributed by atoms with E-state index in [1.165, 1.54) is 24.1 Å². The molecular formula is C22H30N4OS. The van der Waals surface area contributed by atoms with Gasteiger partial charge in [-0.15, -0.1) is 11.3 Å². The summed E-state index contributed by atoms with van der Waals surface area (Å²) in [6.07, 6.45) is 9.89. The molecule has 3 heterocycles. The minimum Gasteiger partial charge on any atom is -0.342 e. The van der Waals surface area contributed by atoms with E-state index in [1.807, 2.05) is 13.1 Å². The lowest BCUT2D eigenvalue weighted by Crippen LogP contribution is -2.43. The zero-order chi connectivity index (χ0) is 19.5. The number of nitrogens with one attached hydrogen (secondary N) is 1. The molecule has 1 atom stereocenters. The van der Waals surface area contributed by atoms with Gasteiger partial charge in [-0.1, -0.05) is 19.3 Å². The zero-order valence-corrected chi connectivity index (χ0v) is 17.7. The van der Waals surface area contributed by atoms with Gasteiger partial charge in [0.2, 0.25) is 5.91 Å². The first-order valence-electron chi connectivity index (χ1n) is 10.6. The molecule has 0 bridgehead atoms. The Morgan fingerprint density at radius 2 is 1.96 bits per heavy atom. The topological polar surface area (TPSA) is 58.1 Å². The van der Waals surface area contributed by atoms with E-state index in [-0.39, 0.29) is 5.92 Å². The van der Waals surface area contributed by atoms with Crippen LogP contribution in [0.5, 0.6) is 0 Å². The highest BCUT2D eigenvalue weighted by atomic mass is 32.1. The van der Waals surface area contributed by atoms with Crippen LogP contribution in [0, 0.1) is 19.8 Å². The van der Waals surface area contributed by atoms with Crippen LogP contribution in [-0.4, -0.2) is 33.9 Å². The third kappa shape index (κ3) is 4.54. The molecule has 2 aromatic rings. The molecule has 1 amide bonds. The highest BCUT2D eigenvalue weighted by Gasteiger charge is 2.30. The number of hydrogen-bond donors (Lipinski definition) is 1. The van der Waals surface area contributed by atoms with Gasteiger partial charge in [0.15, 0.2) is 5.13 Å². The number of carbonyl (C=O) groups is 1. The molecule has 0 spiro atoms. The molecule has 150 valence electrons. The summed E-state index contributed by atoms with van der Waals surface area (Å²) in [4.78, 5) is 25.5. The SMILES string of the molecule is Cc1cc(Nc2ncc(C)s2)cc(C2CCCN(C(=O)C3CCCCC3)C2)n1. The van der Waals surface area contributed by atoms with Crippen LogP contribution in [0.2, 0.25) is 0 Å². The number of aromatic nitrogens is 2. The third-order valence-electron chi connectivity index (χ3n) is 5.95. The fourth-order valence-electron chi connectivity index (χ4n) is 4.54. The number of pyridine rings is 1. The van der Waals surface area contributed by atoms with E-state index in [9.17, 15) is 4.79 Å². The van der Waals surface area contributed by atoms with Gasteiger partial charge in [0.05, 0.1) is 0 Å². The standard InChI is InChI=1S/C22H30N4OS/c1-15-11-19(25-22-23-13-16(2)28-22)12-20(24-15)18-9-6-10-26(14-18)21(27)17-7-4-3-5-8-17/h11-13,17-18H,3-10,14H2,1-2H3,(H,23,24,25). The second-order valence-electron chi connectivity index (χ2n) is 8.28. The Balaban J connectivity index is 1.47. The summed E-state index contributed by atoms with van der Waals surface area (Å²) in [6, 6.07) is 4.21. The van der Waals surface area contributed by atoms with Crippen molar-refractivity contribution in [1.82, 2.24) is 14.9 Å². The maximum atomic E-state index is 13.0. The molecule has 2 aliphatic rings. The third-order valence-corrected chi connectivity index (χ3v) is 6.78. The summed E-state index contributed by atoms with van der Waals surface area (Å²) in [5.41, 5.74) is 3.13. The van der Waals surface area contributed by atoms with Crippen molar-refractivity contribution < 1.29 is 4.79 Å². The number of anilines is 2. The van der Waals surface area contributed by atoms with Crippen molar-refractivity contribution in [3.8, 4) is 0 Å². The lowest BCUT2D eigenvalue weighted by molar-refractivity contribution is -0.137. The van der Waals surface area contributed by atoms with Crippen molar-refractivity contribution in [2.75, 3.05) is 18.4 Å². The number of likely N-dealkylation sites (tertiary alicyclic amines) is 1. The van der Waals surface area contributed by atoms with Gasteiger partial charge in [0.25, 0.3) is 0 Å². The number of amides is 1. The molecule has 1 N–H and O–H groups in total. The normalized spacial score (nSPS) is 20.9. The van der Waals surface area contributed by atoms with Crippen LogP contribution in [0.1, 0.15) is 67.1 Å². The number of aryl methyl sites for hydroxylation is 2. The maximum Gasteiger partial charge on any atom is 0.225 e. The lowest BCUT2D eigenvalue weighted by Gasteiger charge is -2.36. The molecular weight excluding hydrogens is 368 g/mol. The van der Waals surface area contributed by atoms with Crippen LogP contribution < -0.4 is 5.32 Å². The predicted molar refractivity (Wildman–Crippen MR) is 114 cm³/mol. The minimum absolute atomic E-state index is 0.253. The Morgan fingerprint density at radius 1 is 1.14 bits per heavy atom. The average Bonchev–Trinajstić information content (AvgIpc) is 3.12. The first-order valence-corrected chi connectivity index (χ1v) is 11.4. The molecule has 6 heteroatoms. The number of rotatable bonds is 4. The van der Waals surface area contributed by atoms with Crippen molar-refractivity contribution in [1.29, 1.82) is 0 Å². The van der Waals surface area contributed by atoms with E-state index in [4.69, 9.17) is 4.98 Å². The maximum absolute atomic E-state index is 13.0. The summed E-state index contributed by atoms with van der Waals surface area (Å²) < 4.78 is 0. The van der Waals surface area contributed by atoms with E-state index < -0.39 is 0 Å². The summed E-state index contributed by atoms with van der Waals surface area (Å²) in [7, 11) is 0. The summed E-state index contributed by atoms with van der Waals surface area (Å²) in [5.74, 6) is 0.955. The van der Waals surface area contributed by atoms with Gasteiger partial charge < -0.3 is 10.2 Å². The van der Waals surface area contributed by atoms with Crippen molar-refractivity contribution in [2.45, 2.75) is 64.7 Å². The fourth-order valence-corrected chi connectivity index (χ4v) is 5.22. The van der Waals surface area contributed by atoms with Gasteiger partial charge >= 0.3 is 0 Å². The average molecular weight is 399 g/mol. The Kier molecular flexibility index (Phi) is 5.95. The fraction of sp³-hybridized carbons (Fsp3) is 0.591. The molecule has 2 fully saturated rings. The second kappa shape index (κ2) is 8.60. The molecule has 1 saturated heterocycles. The molecule has 2 aromatic heterocycles. The highest BCUT2D eigenvalue weighted by molar-refractivity contribution is 7.15. The summed E-state index contributed by atoms with van der Waals surface area (Å²) in [6.45, 7) is 5.81. The molecule has 0 radical (unpaired) electrons. The van der Waals surface area contributed by atoms with Crippen molar-refractivity contribution in [2.24, 2.45) is 5.92 Å². The zero-order valence-electron chi connectivity index (χ0n) is 16.9. The van der Waals surface area contributed by atoms with Crippen molar-refractivity contribution in [3.05, 3.63) is 34.6 Å². The van der Waals surface area contributed by atoms with Crippen molar-refractivity contribution in [3.63, 3.8) is 0 Å². The molecule has 1 aliphatic heterocycles. The van der Waals surface area contributed by atoms with Crippen LogP contribution in [-0.2, 0) is 4.79 Å². The first-order chi connectivity index (χ1) is 13.6. The Morgan fingerprint density at radius 3 is 2.71 bits per heavy atom. The Labute approximate surface area is 171 Å². The van der Waals surface area contributed by atoms with E-state index in [0.29, 0.717) is 11.8 Å². The van der Waals surface area contributed by atoms with Gasteiger partial charge in [0.1, 0.15) is 0 Å². The highest BCUT2D eigenvalue weighted by Crippen LogP contribution is 2.32. The molecule has 1 unspecified atom stereocenters. The number of carbonyl (C=O) groups excluding carboxylic acids is 1. The predicted octanol–water partition coefficient (Wildman–Crippen LogP) is 5.18. The Bertz CT molecular complexity index is 828. The van der Waals surface area contributed by atoms with Gasteiger partial charge in [-0.2, -0.15) is 0 Å². The minimum atomic E-state index is 0.253. The monoisotopic (exact) mass is 398 g/mol.